The molecule has 0 spiro atoms. The summed E-state index contributed by atoms with van der Waals surface area (Å²) < 4.78 is 2.08. The maximum atomic E-state index is 12.2. The van der Waals surface area contributed by atoms with Gasteiger partial charge in [-0.2, -0.15) is 0 Å². The van der Waals surface area contributed by atoms with E-state index in [1.807, 2.05) is 13.1 Å². The van der Waals surface area contributed by atoms with Gasteiger partial charge in [-0.05, 0) is 30.5 Å². The number of carbonyl (C=O) groups excluding carboxylic acids is 1. The molecule has 1 amide bonds. The van der Waals surface area contributed by atoms with E-state index in [1.165, 1.54) is 12.8 Å². The molecule has 5 nitrogen and oxygen atoms in total. The highest BCUT2D eigenvalue weighted by Gasteiger charge is 2.30. The third-order valence-electron chi connectivity index (χ3n) is 4.62. The lowest BCUT2D eigenvalue weighted by atomic mass is 9.97. The molecule has 0 aliphatic carbocycles. The van der Waals surface area contributed by atoms with Crippen LogP contribution < -0.4 is 5.73 Å². The molecular formula is C17H24N4O. The van der Waals surface area contributed by atoms with E-state index in [2.05, 4.69) is 28.6 Å². The van der Waals surface area contributed by atoms with E-state index in [4.69, 9.17) is 5.73 Å². The average Bonchev–Trinajstić information content (AvgIpc) is 2.99. The van der Waals surface area contributed by atoms with Crippen molar-refractivity contribution in [3.05, 3.63) is 23.8 Å². The van der Waals surface area contributed by atoms with E-state index in [9.17, 15) is 4.79 Å². The van der Waals surface area contributed by atoms with Crippen LogP contribution in [0.1, 0.15) is 44.1 Å². The lowest BCUT2D eigenvalue weighted by Crippen LogP contribution is -2.21. The van der Waals surface area contributed by atoms with Gasteiger partial charge in [0.2, 0.25) is 11.9 Å². The Morgan fingerprint density at radius 2 is 2.18 bits per heavy atom. The van der Waals surface area contributed by atoms with Crippen LogP contribution in [-0.2, 0) is 11.3 Å². The lowest BCUT2D eigenvalue weighted by Gasteiger charge is -2.11. The number of amides is 1. The summed E-state index contributed by atoms with van der Waals surface area (Å²) in [6.07, 6.45) is 4.38. The number of benzene rings is 1. The average molecular weight is 300 g/mol. The van der Waals surface area contributed by atoms with E-state index in [-0.39, 0.29) is 11.8 Å². The molecule has 1 aliphatic rings. The predicted octanol–water partition coefficient (Wildman–Crippen LogP) is 2.75. The summed E-state index contributed by atoms with van der Waals surface area (Å²) in [5.41, 5.74) is 9.08. The standard InChI is InChI=1S/C17H24N4O/c1-3-4-5-9-21-15-7-6-12(11-14(15)19-17(21)18)13-8-10-20(2)16(13)22/h6-7,11,13H,3-5,8-10H2,1-2H3,(H2,18,19). The molecule has 0 bridgehead atoms. The van der Waals surface area contributed by atoms with Gasteiger partial charge >= 0.3 is 0 Å². The van der Waals surface area contributed by atoms with Crippen LogP contribution in [0, 0.1) is 0 Å². The van der Waals surface area contributed by atoms with Crippen molar-refractivity contribution in [1.29, 1.82) is 0 Å². The van der Waals surface area contributed by atoms with E-state index >= 15 is 0 Å². The number of anilines is 1. The zero-order chi connectivity index (χ0) is 15.7. The molecule has 0 saturated carbocycles. The van der Waals surface area contributed by atoms with E-state index in [0.717, 1.165) is 42.5 Å². The van der Waals surface area contributed by atoms with E-state index in [0.29, 0.717) is 5.95 Å². The maximum absolute atomic E-state index is 12.2. The molecular weight excluding hydrogens is 276 g/mol. The van der Waals surface area contributed by atoms with Gasteiger partial charge in [0, 0.05) is 20.1 Å². The minimum Gasteiger partial charge on any atom is -0.369 e. The van der Waals surface area contributed by atoms with Crippen molar-refractivity contribution in [2.75, 3.05) is 19.3 Å². The first-order valence-corrected chi connectivity index (χ1v) is 8.12. The number of aromatic nitrogens is 2. The van der Waals surface area contributed by atoms with Crippen molar-refractivity contribution in [3.63, 3.8) is 0 Å². The maximum Gasteiger partial charge on any atom is 0.229 e. The number of likely N-dealkylation sites (tertiary alicyclic amines) is 1. The first kappa shape index (κ1) is 14.9. The van der Waals surface area contributed by atoms with Crippen LogP contribution in [0.15, 0.2) is 18.2 Å². The van der Waals surface area contributed by atoms with Crippen molar-refractivity contribution in [1.82, 2.24) is 14.5 Å². The molecule has 1 aromatic carbocycles. The lowest BCUT2D eigenvalue weighted by molar-refractivity contribution is -0.127. The van der Waals surface area contributed by atoms with Gasteiger partial charge in [-0.15, -0.1) is 0 Å². The van der Waals surface area contributed by atoms with Gasteiger partial charge in [0.15, 0.2) is 0 Å². The summed E-state index contributed by atoms with van der Waals surface area (Å²) in [7, 11) is 1.86. The third kappa shape index (κ3) is 2.56. The van der Waals surface area contributed by atoms with E-state index < -0.39 is 0 Å². The number of imidazole rings is 1. The van der Waals surface area contributed by atoms with Crippen LogP contribution in [-0.4, -0.2) is 34.0 Å². The second kappa shape index (κ2) is 5.99. The molecule has 3 rings (SSSR count). The number of nitrogen functional groups attached to an aromatic ring is 1. The fourth-order valence-electron chi connectivity index (χ4n) is 3.27. The molecule has 118 valence electrons. The molecule has 2 heterocycles. The quantitative estimate of drug-likeness (QED) is 0.864. The van der Waals surface area contributed by atoms with Crippen LogP contribution >= 0.6 is 0 Å². The minimum absolute atomic E-state index is 0.0270. The van der Waals surface area contributed by atoms with Gasteiger partial charge in [0.25, 0.3) is 0 Å². The molecule has 22 heavy (non-hydrogen) atoms. The van der Waals surface area contributed by atoms with Gasteiger partial charge in [0.1, 0.15) is 0 Å². The largest absolute Gasteiger partial charge is 0.369 e. The summed E-state index contributed by atoms with van der Waals surface area (Å²) >= 11 is 0. The smallest absolute Gasteiger partial charge is 0.229 e. The number of fused-ring (bicyclic) bond motifs is 1. The van der Waals surface area contributed by atoms with E-state index in [1.54, 1.807) is 4.90 Å². The Labute approximate surface area is 131 Å². The number of rotatable bonds is 5. The topological polar surface area (TPSA) is 64.2 Å². The third-order valence-corrected chi connectivity index (χ3v) is 4.62. The minimum atomic E-state index is -0.0270. The number of likely N-dealkylation sites (N-methyl/N-ethyl adjacent to an activating group) is 1. The summed E-state index contributed by atoms with van der Waals surface area (Å²) in [6, 6.07) is 6.15. The van der Waals surface area contributed by atoms with Gasteiger partial charge in [-0.25, -0.2) is 4.98 Å². The van der Waals surface area contributed by atoms with Crippen LogP contribution in [0.3, 0.4) is 0 Å². The van der Waals surface area contributed by atoms with Crippen LogP contribution in [0.25, 0.3) is 11.0 Å². The Hall–Kier alpha value is -2.04. The summed E-state index contributed by atoms with van der Waals surface area (Å²) in [5, 5.41) is 0. The summed E-state index contributed by atoms with van der Waals surface area (Å²) in [4.78, 5) is 18.4. The molecule has 1 saturated heterocycles. The van der Waals surface area contributed by atoms with Gasteiger partial charge in [0.05, 0.1) is 17.0 Å². The number of aryl methyl sites for hydroxylation is 1. The predicted molar refractivity (Wildman–Crippen MR) is 88.7 cm³/mol. The van der Waals surface area contributed by atoms with Crippen LogP contribution in [0.5, 0.6) is 0 Å². The Balaban J connectivity index is 1.90. The molecule has 0 radical (unpaired) electrons. The Morgan fingerprint density at radius 3 is 2.86 bits per heavy atom. The first-order chi connectivity index (χ1) is 10.6. The molecule has 2 N–H and O–H groups in total. The second-order valence-corrected chi connectivity index (χ2v) is 6.18. The monoisotopic (exact) mass is 300 g/mol. The van der Waals surface area contributed by atoms with Crippen molar-refractivity contribution >= 4 is 22.9 Å². The second-order valence-electron chi connectivity index (χ2n) is 6.18. The highest BCUT2D eigenvalue weighted by molar-refractivity contribution is 5.87. The van der Waals surface area contributed by atoms with Crippen molar-refractivity contribution in [3.8, 4) is 0 Å². The SMILES string of the molecule is CCCCCn1c(N)nc2cc(C3CCN(C)C3=O)ccc21. The highest BCUT2D eigenvalue weighted by atomic mass is 16.2. The molecule has 2 aromatic rings. The molecule has 1 aliphatic heterocycles. The number of nitrogens with zero attached hydrogens (tertiary/aromatic N) is 3. The van der Waals surface area contributed by atoms with Crippen molar-refractivity contribution < 1.29 is 4.79 Å². The van der Waals surface area contributed by atoms with Gasteiger partial charge < -0.3 is 15.2 Å². The van der Waals surface area contributed by atoms with Crippen LogP contribution in [0.4, 0.5) is 5.95 Å². The van der Waals surface area contributed by atoms with Gasteiger partial charge in [-0.1, -0.05) is 25.8 Å². The zero-order valence-corrected chi connectivity index (χ0v) is 13.4. The zero-order valence-electron chi connectivity index (χ0n) is 13.4. The highest BCUT2D eigenvalue weighted by Crippen LogP contribution is 2.30. The molecule has 5 heteroatoms. The molecule has 1 atom stereocenters. The normalized spacial score (nSPS) is 18.5. The Bertz CT molecular complexity index is 691. The Morgan fingerprint density at radius 1 is 1.36 bits per heavy atom. The summed E-state index contributed by atoms with van der Waals surface area (Å²) in [5.74, 6) is 0.744. The van der Waals surface area contributed by atoms with Gasteiger partial charge in [-0.3, -0.25) is 4.79 Å². The number of hydrogen-bond acceptors (Lipinski definition) is 3. The number of nitrogens with two attached hydrogens (primary N) is 1. The fourth-order valence-corrected chi connectivity index (χ4v) is 3.27. The Kier molecular flexibility index (Phi) is 4.05. The number of hydrogen-bond donors (Lipinski definition) is 1. The molecule has 1 aromatic heterocycles. The molecule has 1 unspecified atom stereocenters. The number of carbonyl (C=O) groups is 1. The summed E-state index contributed by atoms with van der Waals surface area (Å²) in [6.45, 7) is 3.92. The fraction of sp³-hybridized carbons (Fsp3) is 0.529. The van der Waals surface area contributed by atoms with Crippen molar-refractivity contribution in [2.24, 2.45) is 0 Å². The molecule has 1 fully saturated rings. The van der Waals surface area contributed by atoms with Crippen LogP contribution in [0.2, 0.25) is 0 Å². The number of unbranched alkanes of at least 4 members (excludes halogenated alkanes) is 2. The van der Waals surface area contributed by atoms with Crippen molar-refractivity contribution in [2.45, 2.75) is 45.1 Å². The first-order valence-electron chi connectivity index (χ1n) is 8.12.